The van der Waals surface area contributed by atoms with Crippen molar-refractivity contribution in [2.24, 2.45) is 5.92 Å². The molecule has 2 aliphatic rings. The summed E-state index contributed by atoms with van der Waals surface area (Å²) in [5, 5.41) is 3.40. The summed E-state index contributed by atoms with van der Waals surface area (Å²) < 4.78 is 5.84. The van der Waals surface area contributed by atoms with Crippen LogP contribution in [-0.4, -0.2) is 43.6 Å². The van der Waals surface area contributed by atoms with Gasteiger partial charge in [-0.05, 0) is 56.5 Å². The zero-order valence-electron chi connectivity index (χ0n) is 12.5. The molecule has 2 aliphatic heterocycles. The maximum Gasteiger partial charge on any atom is 0.253 e. The fourth-order valence-electron chi connectivity index (χ4n) is 3.08. The number of carbonyl (C=O) groups excluding carboxylic acids is 1. The van der Waals surface area contributed by atoms with Crippen LogP contribution in [0.1, 0.15) is 36.0 Å². The Hall–Kier alpha value is -1.55. The van der Waals surface area contributed by atoms with Crippen molar-refractivity contribution in [3.8, 4) is 5.75 Å². The summed E-state index contributed by atoms with van der Waals surface area (Å²) in [6.45, 7) is 4.72. The molecular formula is C17H24N2O2. The molecule has 2 saturated heterocycles. The van der Waals surface area contributed by atoms with Crippen LogP contribution in [0.15, 0.2) is 24.3 Å². The summed E-state index contributed by atoms with van der Waals surface area (Å²) in [4.78, 5) is 14.2. The highest BCUT2D eigenvalue weighted by Crippen LogP contribution is 2.18. The fraction of sp³-hybridized carbons (Fsp3) is 0.588. The van der Waals surface area contributed by atoms with Gasteiger partial charge in [-0.15, -0.1) is 0 Å². The second kappa shape index (κ2) is 6.94. The van der Waals surface area contributed by atoms with E-state index in [0.717, 1.165) is 56.9 Å². The maximum absolute atomic E-state index is 12.2. The summed E-state index contributed by atoms with van der Waals surface area (Å²) >= 11 is 0. The van der Waals surface area contributed by atoms with Crippen LogP contribution in [0.5, 0.6) is 5.75 Å². The van der Waals surface area contributed by atoms with E-state index in [0.29, 0.717) is 5.92 Å². The number of piperidine rings is 1. The van der Waals surface area contributed by atoms with Gasteiger partial charge >= 0.3 is 0 Å². The lowest BCUT2D eigenvalue weighted by atomic mass is 10.0. The van der Waals surface area contributed by atoms with Crippen molar-refractivity contribution in [3.63, 3.8) is 0 Å². The lowest BCUT2D eigenvalue weighted by molar-refractivity contribution is 0.0793. The van der Waals surface area contributed by atoms with Crippen LogP contribution in [0.4, 0.5) is 0 Å². The molecule has 1 aromatic rings. The monoisotopic (exact) mass is 288 g/mol. The molecule has 4 heteroatoms. The third kappa shape index (κ3) is 3.76. The predicted molar refractivity (Wildman–Crippen MR) is 82.7 cm³/mol. The number of nitrogens with zero attached hydrogens (tertiary/aromatic N) is 1. The van der Waals surface area contributed by atoms with Crippen molar-refractivity contribution < 1.29 is 9.53 Å². The molecule has 1 aromatic carbocycles. The number of nitrogens with one attached hydrogen (secondary N) is 1. The number of ether oxygens (including phenoxy) is 1. The molecule has 2 heterocycles. The number of benzene rings is 1. The second-order valence-corrected chi connectivity index (χ2v) is 6.05. The zero-order chi connectivity index (χ0) is 14.5. The standard InChI is InChI=1S/C17H24N2O2/c20-17(19-10-1-2-11-19)15-5-7-16(8-6-15)21-13-14-4-3-9-18-12-14/h5-8,14,18H,1-4,9-13H2. The minimum atomic E-state index is 0.149. The Morgan fingerprint density at radius 1 is 1.19 bits per heavy atom. The number of hydrogen-bond donors (Lipinski definition) is 1. The van der Waals surface area contributed by atoms with E-state index in [2.05, 4.69) is 5.32 Å². The molecule has 0 aromatic heterocycles. The van der Waals surface area contributed by atoms with Crippen molar-refractivity contribution >= 4 is 5.91 Å². The zero-order valence-corrected chi connectivity index (χ0v) is 12.5. The van der Waals surface area contributed by atoms with Gasteiger partial charge in [0.05, 0.1) is 6.61 Å². The smallest absolute Gasteiger partial charge is 0.253 e. The van der Waals surface area contributed by atoms with E-state index in [1.807, 2.05) is 29.2 Å². The SMILES string of the molecule is O=C(c1ccc(OCC2CCCNC2)cc1)N1CCCC1. The first-order chi connectivity index (χ1) is 10.3. The molecule has 1 N–H and O–H groups in total. The van der Waals surface area contributed by atoms with Gasteiger partial charge in [-0.2, -0.15) is 0 Å². The van der Waals surface area contributed by atoms with Crippen LogP contribution in [0.3, 0.4) is 0 Å². The molecule has 1 atom stereocenters. The highest BCUT2D eigenvalue weighted by atomic mass is 16.5. The van der Waals surface area contributed by atoms with Crippen LogP contribution in [0.25, 0.3) is 0 Å². The first kappa shape index (κ1) is 14.4. The Morgan fingerprint density at radius 3 is 2.62 bits per heavy atom. The Morgan fingerprint density at radius 2 is 1.95 bits per heavy atom. The van der Waals surface area contributed by atoms with E-state index in [-0.39, 0.29) is 5.91 Å². The Labute approximate surface area is 126 Å². The third-order valence-corrected chi connectivity index (χ3v) is 4.38. The molecule has 0 bridgehead atoms. The van der Waals surface area contributed by atoms with E-state index in [4.69, 9.17) is 4.74 Å². The lowest BCUT2D eigenvalue weighted by Gasteiger charge is -2.22. The molecule has 4 nitrogen and oxygen atoms in total. The van der Waals surface area contributed by atoms with Gasteiger partial charge in [0.1, 0.15) is 5.75 Å². The quantitative estimate of drug-likeness (QED) is 0.924. The van der Waals surface area contributed by atoms with Gasteiger partial charge in [-0.1, -0.05) is 0 Å². The average molecular weight is 288 g/mol. The normalized spacial score (nSPS) is 22.3. The van der Waals surface area contributed by atoms with Crippen LogP contribution in [0, 0.1) is 5.92 Å². The largest absolute Gasteiger partial charge is 0.493 e. The molecule has 21 heavy (non-hydrogen) atoms. The third-order valence-electron chi connectivity index (χ3n) is 4.38. The summed E-state index contributed by atoms with van der Waals surface area (Å²) in [7, 11) is 0. The fourth-order valence-corrected chi connectivity index (χ4v) is 3.08. The van der Waals surface area contributed by atoms with E-state index in [1.165, 1.54) is 12.8 Å². The number of amides is 1. The Kier molecular flexibility index (Phi) is 4.76. The molecule has 1 unspecified atom stereocenters. The van der Waals surface area contributed by atoms with Gasteiger partial charge in [0, 0.05) is 31.1 Å². The number of carbonyl (C=O) groups is 1. The van der Waals surface area contributed by atoms with E-state index in [1.54, 1.807) is 0 Å². The second-order valence-electron chi connectivity index (χ2n) is 6.05. The Balaban J connectivity index is 1.52. The molecule has 3 rings (SSSR count). The van der Waals surface area contributed by atoms with E-state index < -0.39 is 0 Å². The number of likely N-dealkylation sites (tertiary alicyclic amines) is 1. The van der Waals surface area contributed by atoms with Gasteiger partial charge in [-0.3, -0.25) is 4.79 Å². The molecular weight excluding hydrogens is 264 g/mol. The molecule has 0 aliphatic carbocycles. The van der Waals surface area contributed by atoms with E-state index in [9.17, 15) is 4.79 Å². The van der Waals surface area contributed by atoms with Gasteiger partial charge in [0.2, 0.25) is 0 Å². The van der Waals surface area contributed by atoms with Gasteiger partial charge < -0.3 is 15.0 Å². The van der Waals surface area contributed by atoms with Gasteiger partial charge in [0.15, 0.2) is 0 Å². The van der Waals surface area contributed by atoms with Crippen LogP contribution < -0.4 is 10.1 Å². The van der Waals surface area contributed by atoms with Crippen molar-refractivity contribution in [1.82, 2.24) is 10.2 Å². The van der Waals surface area contributed by atoms with Crippen LogP contribution in [-0.2, 0) is 0 Å². The topological polar surface area (TPSA) is 41.6 Å². The first-order valence-electron chi connectivity index (χ1n) is 8.06. The average Bonchev–Trinajstić information content (AvgIpc) is 3.08. The molecule has 1 amide bonds. The summed E-state index contributed by atoms with van der Waals surface area (Å²) in [6, 6.07) is 7.60. The number of rotatable bonds is 4. The van der Waals surface area contributed by atoms with Crippen molar-refractivity contribution in [2.75, 3.05) is 32.8 Å². The summed E-state index contributed by atoms with van der Waals surface area (Å²) in [6.07, 6.45) is 4.72. The Bertz CT molecular complexity index is 460. The molecule has 0 saturated carbocycles. The summed E-state index contributed by atoms with van der Waals surface area (Å²) in [5.74, 6) is 1.61. The van der Waals surface area contributed by atoms with Crippen molar-refractivity contribution in [3.05, 3.63) is 29.8 Å². The minimum Gasteiger partial charge on any atom is -0.493 e. The first-order valence-corrected chi connectivity index (χ1v) is 8.06. The highest BCUT2D eigenvalue weighted by molar-refractivity contribution is 5.94. The van der Waals surface area contributed by atoms with Gasteiger partial charge in [0.25, 0.3) is 5.91 Å². The lowest BCUT2D eigenvalue weighted by Crippen LogP contribution is -2.33. The molecule has 2 fully saturated rings. The van der Waals surface area contributed by atoms with Gasteiger partial charge in [-0.25, -0.2) is 0 Å². The van der Waals surface area contributed by atoms with Crippen LogP contribution >= 0.6 is 0 Å². The predicted octanol–water partition coefficient (Wildman–Crippen LogP) is 2.30. The number of hydrogen-bond acceptors (Lipinski definition) is 3. The summed E-state index contributed by atoms with van der Waals surface area (Å²) in [5.41, 5.74) is 0.767. The van der Waals surface area contributed by atoms with Crippen LogP contribution in [0.2, 0.25) is 0 Å². The van der Waals surface area contributed by atoms with Crippen molar-refractivity contribution in [2.45, 2.75) is 25.7 Å². The minimum absolute atomic E-state index is 0.149. The molecule has 0 spiro atoms. The van der Waals surface area contributed by atoms with Crippen molar-refractivity contribution in [1.29, 1.82) is 0 Å². The molecule has 114 valence electrons. The highest BCUT2D eigenvalue weighted by Gasteiger charge is 2.19. The molecule has 0 radical (unpaired) electrons. The van der Waals surface area contributed by atoms with E-state index >= 15 is 0 Å². The maximum atomic E-state index is 12.2.